The third-order valence-corrected chi connectivity index (χ3v) is 13.5. The van der Waals surface area contributed by atoms with Crippen LogP contribution in [0.4, 0.5) is 22.9 Å². The number of ether oxygens (including phenoxy) is 1. The molecule has 326 valence electrons. The molecule has 0 aliphatic carbocycles. The number of hydrogen-bond donors (Lipinski definition) is 0. The Kier molecular flexibility index (Phi) is 10.8. The third-order valence-electron chi connectivity index (χ3n) is 12.5. The first-order chi connectivity index (χ1) is 33.7. The summed E-state index contributed by atoms with van der Waals surface area (Å²) in [4.78, 5) is 9.79. The van der Waals surface area contributed by atoms with Gasteiger partial charge in [0.25, 0.3) is 0 Å². The van der Waals surface area contributed by atoms with E-state index in [1.165, 1.54) is 11.1 Å². The van der Waals surface area contributed by atoms with Gasteiger partial charge in [-0.1, -0.05) is 48.5 Å². The summed E-state index contributed by atoms with van der Waals surface area (Å²) in [6, 6.07) is 91.7. The summed E-state index contributed by atoms with van der Waals surface area (Å²) in [5.41, 5.74) is 15.1. The van der Waals surface area contributed by atoms with Crippen molar-refractivity contribution >= 4 is 46.4 Å². The number of benzene rings is 9. The molecule has 2 aromatic heterocycles. The fourth-order valence-electron chi connectivity index (χ4n) is 9.44. The van der Waals surface area contributed by atoms with E-state index in [1.54, 1.807) is 0 Å². The van der Waals surface area contributed by atoms with Gasteiger partial charge in [-0.25, -0.2) is 0 Å². The summed E-state index contributed by atoms with van der Waals surface area (Å²) < 4.78 is 12.3. The Morgan fingerprint density at radius 3 is 1.76 bits per heavy atom. The molecular weight excluding hydrogens is 1010 g/mol. The molecule has 11 aromatic rings. The van der Waals surface area contributed by atoms with Crippen LogP contribution in [0.25, 0.3) is 55.8 Å². The summed E-state index contributed by atoms with van der Waals surface area (Å²) in [5.74, 6) is 1.75. The summed E-state index contributed by atoms with van der Waals surface area (Å²) in [5, 5.41) is 0. The number of para-hydroxylation sites is 5. The fraction of sp³-hybridized carbons (Fsp3) is 0. The van der Waals surface area contributed by atoms with Crippen molar-refractivity contribution in [2.75, 3.05) is 9.62 Å². The molecule has 0 unspecified atom stereocenters. The van der Waals surface area contributed by atoms with Gasteiger partial charge in [-0.15, -0.1) is 6.07 Å². The van der Waals surface area contributed by atoms with E-state index >= 15 is 0 Å². The standard InChI is InChI=1S/C60H40BN5O.Pt/c1-5-20-44(21-6-1)45-38-40-47(41-39-45)53-31-18-30-52(46-22-7-2-8-23-46)60(53)64-43-63(54-32-13-14-33-55(54)64)50-28-17-29-51(42-50)67-59-37-19-36-58(62-59)66-57-35-16-15-34-56(57)65(49-26-11-4-12-27-49)61(66)48-24-9-3-10-25-48;/h1-34,36-41H;/q-2;. The van der Waals surface area contributed by atoms with E-state index in [9.17, 15) is 0 Å². The molecule has 12 rings (SSSR count). The van der Waals surface area contributed by atoms with Gasteiger partial charge in [-0.2, -0.15) is 12.1 Å². The van der Waals surface area contributed by atoms with Gasteiger partial charge >= 0.3 is 325 Å². The molecule has 0 atom stereocenters. The van der Waals surface area contributed by atoms with E-state index in [1.807, 2.05) is 48.5 Å². The second kappa shape index (κ2) is 17.9. The zero-order valence-electron chi connectivity index (χ0n) is 36.6. The number of nitrogens with zero attached hydrogens (tertiary/aromatic N) is 5. The first-order valence-electron chi connectivity index (χ1n) is 22.6. The molecule has 3 heterocycles. The Labute approximate surface area is 406 Å². The summed E-state index contributed by atoms with van der Waals surface area (Å²) in [6.45, 7) is -0.220. The third kappa shape index (κ3) is 7.47. The van der Waals surface area contributed by atoms with Gasteiger partial charge in [-0.3, -0.25) is 0 Å². The average molecular weight is 1050 g/mol. The van der Waals surface area contributed by atoms with Gasteiger partial charge in [0.2, 0.25) is 0 Å². The van der Waals surface area contributed by atoms with Crippen molar-refractivity contribution in [1.29, 1.82) is 0 Å². The molecule has 0 saturated carbocycles. The van der Waals surface area contributed by atoms with Crippen LogP contribution in [0.5, 0.6) is 11.6 Å². The van der Waals surface area contributed by atoms with Crippen LogP contribution in [0.3, 0.4) is 0 Å². The molecule has 0 bridgehead atoms. The van der Waals surface area contributed by atoms with Gasteiger partial charge in [0.15, 0.2) is 0 Å². The van der Waals surface area contributed by atoms with E-state index in [-0.39, 0.29) is 6.98 Å². The van der Waals surface area contributed by atoms with E-state index < -0.39 is 0 Å². The molecule has 0 fully saturated rings. The Morgan fingerprint density at radius 2 is 1.04 bits per heavy atom. The Bertz CT molecular complexity index is 3640. The molecule has 0 spiro atoms. The van der Waals surface area contributed by atoms with Gasteiger partial charge in [0, 0.05) is 5.69 Å². The van der Waals surface area contributed by atoms with Crippen LogP contribution in [0.1, 0.15) is 0 Å². The zero-order valence-corrected chi connectivity index (χ0v) is 38.9. The van der Waals surface area contributed by atoms with E-state index in [0.717, 1.165) is 76.8 Å². The number of imidazole rings is 1. The van der Waals surface area contributed by atoms with Gasteiger partial charge in [0.1, 0.15) is 0 Å². The van der Waals surface area contributed by atoms with E-state index in [4.69, 9.17) is 9.72 Å². The predicted octanol–water partition coefficient (Wildman–Crippen LogP) is 14.0. The van der Waals surface area contributed by atoms with Crippen LogP contribution in [-0.4, -0.2) is 21.1 Å². The number of rotatable bonds is 10. The van der Waals surface area contributed by atoms with Crippen molar-refractivity contribution in [2.24, 2.45) is 0 Å². The maximum absolute atomic E-state index is 6.68. The maximum atomic E-state index is 6.68. The molecule has 0 saturated heterocycles. The second-order valence-electron chi connectivity index (χ2n) is 16.5. The Balaban J connectivity index is 0.944. The minimum absolute atomic E-state index is 0.220. The normalized spacial score (nSPS) is 12.1. The number of hydrogen-bond acceptors (Lipinski definition) is 4. The Hall–Kier alpha value is -8.25. The molecular formula is C60H40BN5OPt-2. The molecule has 0 amide bonds. The van der Waals surface area contributed by atoms with Crippen molar-refractivity contribution in [2.45, 2.75) is 0 Å². The molecule has 68 heavy (non-hydrogen) atoms. The number of fused-ring (bicyclic) bond motifs is 2. The van der Waals surface area contributed by atoms with Crippen LogP contribution < -0.4 is 19.8 Å². The SMILES string of the molecule is [Pt]=[c]1n(-c2[c-]c(Oc3cccc(N4B(c5ccccc5)N(c5ccccc5)c5ccc[c-]c54)n3)ccc2)c2ccccc2n1-c1c(-c2ccccc2)cccc1-c1ccc(-c2ccccc2)cc1. The number of aromatic nitrogens is 3. The molecule has 6 nitrogen and oxygen atoms in total. The summed E-state index contributed by atoms with van der Waals surface area (Å²) in [6.07, 6.45) is 0. The Morgan fingerprint density at radius 1 is 0.471 bits per heavy atom. The van der Waals surface area contributed by atoms with E-state index in [2.05, 4.69) is 244 Å². The van der Waals surface area contributed by atoms with Crippen LogP contribution in [0.2, 0.25) is 0 Å². The van der Waals surface area contributed by atoms with Gasteiger partial charge < -0.3 is 0 Å². The molecule has 0 radical (unpaired) electrons. The molecule has 1 aliphatic heterocycles. The van der Waals surface area contributed by atoms with Crippen LogP contribution in [-0.2, 0) is 19.4 Å². The first kappa shape index (κ1) is 41.2. The quantitative estimate of drug-likeness (QED) is 0.101. The predicted molar refractivity (Wildman–Crippen MR) is 273 cm³/mol. The van der Waals surface area contributed by atoms with Crippen LogP contribution in [0.15, 0.2) is 243 Å². The van der Waals surface area contributed by atoms with Crippen molar-refractivity contribution in [3.8, 4) is 56.4 Å². The van der Waals surface area contributed by atoms with Crippen molar-refractivity contribution < 1.29 is 24.1 Å². The fourth-order valence-corrected chi connectivity index (χ4v) is 10.5. The van der Waals surface area contributed by atoms with Crippen molar-refractivity contribution in [3.05, 3.63) is 259 Å². The number of anilines is 4. The van der Waals surface area contributed by atoms with Crippen LogP contribution in [0, 0.1) is 15.9 Å². The van der Waals surface area contributed by atoms with Crippen molar-refractivity contribution in [1.82, 2.24) is 14.1 Å². The molecule has 8 heteroatoms. The minimum atomic E-state index is -0.220. The summed E-state index contributed by atoms with van der Waals surface area (Å²) in [7, 11) is 0. The second-order valence-corrected chi connectivity index (χ2v) is 17.5. The number of pyridine rings is 1. The molecule has 0 N–H and O–H groups in total. The van der Waals surface area contributed by atoms with Crippen molar-refractivity contribution in [3.63, 3.8) is 0 Å². The van der Waals surface area contributed by atoms with E-state index in [0.29, 0.717) is 11.6 Å². The summed E-state index contributed by atoms with van der Waals surface area (Å²) >= 11 is 2.48. The average Bonchev–Trinajstić information content (AvgIpc) is 3.91. The molecule has 9 aromatic carbocycles. The van der Waals surface area contributed by atoms with Gasteiger partial charge in [-0.05, 0) is 12.1 Å². The van der Waals surface area contributed by atoms with Gasteiger partial charge in [0.05, 0.1) is 0 Å². The first-order valence-corrected chi connectivity index (χ1v) is 23.7. The zero-order chi connectivity index (χ0) is 45.4. The molecule has 1 aliphatic rings. The topological polar surface area (TPSA) is 38.5 Å². The monoisotopic (exact) mass is 1050 g/mol. The van der Waals surface area contributed by atoms with Crippen LogP contribution >= 0.6 is 0 Å².